The molecule has 1 N–H and O–H groups in total. The Balaban J connectivity index is 3.22. The van der Waals surface area contributed by atoms with Crippen LogP contribution >= 0.6 is 0 Å². The molecule has 1 amide bonds. The van der Waals surface area contributed by atoms with Gasteiger partial charge in [-0.3, -0.25) is 4.79 Å². The van der Waals surface area contributed by atoms with Gasteiger partial charge >= 0.3 is 12.6 Å². The first-order chi connectivity index (χ1) is 6.99. The highest BCUT2D eigenvalue weighted by atomic mass is 19.4. The number of hydrogen-bond acceptors (Lipinski definition) is 2. The molecule has 1 aromatic carbocycles. The summed E-state index contributed by atoms with van der Waals surface area (Å²) in [7, 11) is 0. The van der Waals surface area contributed by atoms with E-state index in [1.807, 2.05) is 5.32 Å². The lowest BCUT2D eigenvalue weighted by Gasteiger charge is -2.09. The van der Waals surface area contributed by atoms with Gasteiger partial charge in [0.15, 0.2) is 0 Å². The summed E-state index contributed by atoms with van der Waals surface area (Å²) >= 11 is 0. The van der Waals surface area contributed by atoms with Crippen molar-refractivity contribution in [3.05, 3.63) is 29.3 Å². The predicted molar refractivity (Wildman–Crippen MR) is 45.5 cm³/mol. The van der Waals surface area contributed by atoms with Crippen molar-refractivity contribution in [2.45, 2.75) is 6.18 Å². The van der Waals surface area contributed by atoms with E-state index < -0.39 is 17.3 Å². The summed E-state index contributed by atoms with van der Waals surface area (Å²) in [4.78, 5) is 9.91. The van der Waals surface area contributed by atoms with E-state index in [0.717, 1.165) is 18.2 Å². The molecule has 1 rings (SSSR count). The van der Waals surface area contributed by atoms with Crippen molar-refractivity contribution < 1.29 is 18.0 Å². The number of anilines is 1. The van der Waals surface area contributed by atoms with Crippen LogP contribution in [0.3, 0.4) is 0 Å². The molecule has 15 heavy (non-hydrogen) atoms. The highest BCUT2D eigenvalue weighted by molar-refractivity contribution is 5.72. The Labute approximate surface area is 83.1 Å². The van der Waals surface area contributed by atoms with E-state index >= 15 is 0 Å². The Morgan fingerprint density at radius 2 is 2.00 bits per heavy atom. The fourth-order valence-electron chi connectivity index (χ4n) is 1.02. The number of carbonyl (C=O) groups excluding carboxylic acids is 1. The van der Waals surface area contributed by atoms with Crippen LogP contribution in [0.5, 0.6) is 0 Å². The van der Waals surface area contributed by atoms with E-state index in [1.165, 1.54) is 12.5 Å². The van der Waals surface area contributed by atoms with Crippen molar-refractivity contribution in [3.63, 3.8) is 0 Å². The van der Waals surface area contributed by atoms with Crippen LogP contribution in [-0.4, -0.2) is 6.41 Å². The summed E-state index contributed by atoms with van der Waals surface area (Å²) in [5, 5.41) is 10.5. The van der Waals surface area contributed by atoms with Gasteiger partial charge in [0.25, 0.3) is 0 Å². The van der Waals surface area contributed by atoms with Crippen LogP contribution < -0.4 is 5.32 Å². The van der Waals surface area contributed by atoms with Crippen LogP contribution in [0, 0.1) is 11.3 Å². The van der Waals surface area contributed by atoms with Gasteiger partial charge in [0, 0.05) is 5.69 Å². The Kier molecular flexibility index (Phi) is 2.95. The first-order valence-corrected chi connectivity index (χ1v) is 3.73. The van der Waals surface area contributed by atoms with E-state index in [2.05, 4.69) is 0 Å². The van der Waals surface area contributed by atoms with E-state index in [-0.39, 0.29) is 5.69 Å². The predicted octanol–water partition coefficient (Wildman–Crippen LogP) is 2.06. The zero-order valence-electron chi connectivity index (χ0n) is 7.22. The van der Waals surface area contributed by atoms with Gasteiger partial charge in [-0.25, -0.2) is 0 Å². The summed E-state index contributed by atoms with van der Waals surface area (Å²) in [6.45, 7) is 0. The van der Waals surface area contributed by atoms with Crippen LogP contribution in [-0.2, 0) is 11.0 Å². The quantitative estimate of drug-likeness (QED) is 0.764. The topological polar surface area (TPSA) is 52.9 Å². The van der Waals surface area contributed by atoms with E-state index in [1.54, 1.807) is 0 Å². The molecule has 0 aliphatic carbocycles. The van der Waals surface area contributed by atoms with Gasteiger partial charge in [-0.05, 0) is 18.2 Å². The molecule has 6 heteroatoms. The van der Waals surface area contributed by atoms with Gasteiger partial charge < -0.3 is 5.32 Å². The maximum absolute atomic E-state index is 12.3. The maximum atomic E-state index is 12.3. The molecule has 77 valence electrons. The van der Waals surface area contributed by atoms with Crippen LogP contribution in [0.15, 0.2) is 18.2 Å². The molecule has 0 saturated carbocycles. The first kappa shape index (κ1) is 11.0. The SMILES string of the molecule is N#Cc1cc(N[C]=O)ccc1C(F)(F)F. The van der Waals surface area contributed by atoms with Crippen LogP contribution in [0.25, 0.3) is 0 Å². The molecule has 0 aromatic heterocycles. The Morgan fingerprint density at radius 1 is 1.33 bits per heavy atom. The fourth-order valence-corrected chi connectivity index (χ4v) is 1.02. The van der Waals surface area contributed by atoms with Crippen molar-refractivity contribution in [1.82, 2.24) is 0 Å². The Hall–Kier alpha value is -2.03. The smallest absolute Gasteiger partial charge is 0.318 e. The third-order valence-corrected chi connectivity index (χ3v) is 1.64. The molecule has 0 saturated heterocycles. The highest BCUT2D eigenvalue weighted by Crippen LogP contribution is 2.32. The molecular weight excluding hydrogens is 209 g/mol. The van der Waals surface area contributed by atoms with Gasteiger partial charge in [0.2, 0.25) is 0 Å². The lowest BCUT2D eigenvalue weighted by atomic mass is 10.1. The lowest BCUT2D eigenvalue weighted by Crippen LogP contribution is -2.08. The number of hydrogen-bond donors (Lipinski definition) is 1. The highest BCUT2D eigenvalue weighted by Gasteiger charge is 2.33. The third-order valence-electron chi connectivity index (χ3n) is 1.64. The molecule has 1 radical (unpaired) electrons. The molecule has 0 atom stereocenters. The zero-order valence-corrected chi connectivity index (χ0v) is 7.22. The minimum absolute atomic E-state index is 0.0922. The molecule has 0 spiro atoms. The molecular formula is C9H4F3N2O. The van der Waals surface area contributed by atoms with E-state index in [4.69, 9.17) is 5.26 Å². The second kappa shape index (κ2) is 4.00. The molecule has 0 bridgehead atoms. The standard InChI is InChI=1S/C9H4F3N2O/c10-9(11,12)8-2-1-7(14-5-15)3-6(8)4-13/h1-3H,(H,14,15). The number of halogens is 3. The molecule has 0 fully saturated rings. The number of nitriles is 1. The lowest BCUT2D eigenvalue weighted by molar-refractivity contribution is -0.137. The van der Waals surface area contributed by atoms with Gasteiger partial charge in [-0.1, -0.05) is 0 Å². The molecule has 0 heterocycles. The van der Waals surface area contributed by atoms with Crippen molar-refractivity contribution in [2.24, 2.45) is 0 Å². The molecule has 1 aromatic rings. The number of amides is 1. The van der Waals surface area contributed by atoms with Crippen molar-refractivity contribution >= 4 is 12.1 Å². The average molecular weight is 213 g/mol. The second-order valence-corrected chi connectivity index (χ2v) is 2.60. The van der Waals surface area contributed by atoms with Crippen LogP contribution in [0.1, 0.15) is 11.1 Å². The fraction of sp³-hybridized carbons (Fsp3) is 0.111. The average Bonchev–Trinajstić information content (AvgIpc) is 2.16. The largest absolute Gasteiger partial charge is 0.417 e. The van der Waals surface area contributed by atoms with Gasteiger partial charge in [0.05, 0.1) is 17.2 Å². The summed E-state index contributed by atoms with van der Waals surface area (Å²) in [6.07, 6.45) is -3.27. The maximum Gasteiger partial charge on any atom is 0.417 e. The first-order valence-electron chi connectivity index (χ1n) is 3.73. The van der Waals surface area contributed by atoms with Gasteiger partial charge in [-0.2, -0.15) is 18.4 Å². The van der Waals surface area contributed by atoms with E-state index in [9.17, 15) is 18.0 Å². The third kappa shape index (κ3) is 2.47. The van der Waals surface area contributed by atoms with Crippen molar-refractivity contribution in [1.29, 1.82) is 5.26 Å². The Morgan fingerprint density at radius 3 is 2.47 bits per heavy atom. The number of nitrogens with zero attached hydrogens (tertiary/aromatic N) is 1. The minimum Gasteiger partial charge on any atom is -0.318 e. The number of nitrogens with one attached hydrogen (secondary N) is 1. The Bertz CT molecular complexity index is 420. The molecule has 0 aliphatic rings. The summed E-state index contributed by atoms with van der Waals surface area (Å²) in [5.74, 6) is 0. The van der Waals surface area contributed by atoms with Gasteiger partial charge in [-0.15, -0.1) is 0 Å². The molecule has 0 aliphatic heterocycles. The van der Waals surface area contributed by atoms with Crippen LogP contribution in [0.4, 0.5) is 18.9 Å². The summed E-state index contributed by atoms with van der Waals surface area (Å²) in [6, 6.07) is 4.13. The molecule has 3 nitrogen and oxygen atoms in total. The number of alkyl halides is 3. The zero-order chi connectivity index (χ0) is 11.5. The summed E-state index contributed by atoms with van der Waals surface area (Å²) in [5.41, 5.74) is -1.47. The van der Waals surface area contributed by atoms with E-state index in [0.29, 0.717) is 0 Å². The normalized spacial score (nSPS) is 10.5. The molecule has 0 unspecified atom stereocenters. The van der Waals surface area contributed by atoms with Gasteiger partial charge in [0.1, 0.15) is 0 Å². The monoisotopic (exact) mass is 213 g/mol. The number of benzene rings is 1. The van der Waals surface area contributed by atoms with Crippen LogP contribution in [0.2, 0.25) is 0 Å². The number of rotatable bonds is 2. The minimum atomic E-state index is -4.57. The summed E-state index contributed by atoms with van der Waals surface area (Å²) < 4.78 is 36.9. The van der Waals surface area contributed by atoms with Crippen molar-refractivity contribution in [2.75, 3.05) is 5.32 Å². The second-order valence-electron chi connectivity index (χ2n) is 2.60. The van der Waals surface area contributed by atoms with Crippen molar-refractivity contribution in [3.8, 4) is 6.07 Å².